The zero-order valence-corrected chi connectivity index (χ0v) is 19.1. The third kappa shape index (κ3) is 9.04. The maximum atomic E-state index is 11.3. The van der Waals surface area contributed by atoms with Crippen molar-refractivity contribution in [2.75, 3.05) is 63.2 Å². The van der Waals surface area contributed by atoms with E-state index in [2.05, 4.69) is 56.6 Å². The first-order valence-electron chi connectivity index (χ1n) is 10.5. The highest BCUT2D eigenvalue weighted by Gasteiger charge is 2.17. The van der Waals surface area contributed by atoms with Crippen molar-refractivity contribution < 1.29 is 8.42 Å². The second kappa shape index (κ2) is 11.4. The lowest BCUT2D eigenvalue weighted by Gasteiger charge is -2.36. The summed E-state index contributed by atoms with van der Waals surface area (Å²) in [4.78, 5) is 9.21. The van der Waals surface area contributed by atoms with Crippen LogP contribution in [0.3, 0.4) is 0 Å². The van der Waals surface area contributed by atoms with Gasteiger partial charge in [0.1, 0.15) is 9.84 Å². The van der Waals surface area contributed by atoms with E-state index < -0.39 is 9.84 Å². The number of aryl methyl sites for hydroxylation is 1. The molecule has 0 spiro atoms. The summed E-state index contributed by atoms with van der Waals surface area (Å²) in [6, 6.07) is 8.79. The van der Waals surface area contributed by atoms with E-state index in [0.29, 0.717) is 6.42 Å². The first kappa shape index (κ1) is 23.5. The zero-order chi connectivity index (χ0) is 21.3. The van der Waals surface area contributed by atoms with Crippen molar-refractivity contribution in [2.45, 2.75) is 32.7 Å². The van der Waals surface area contributed by atoms with Crippen LogP contribution in [-0.2, 0) is 9.84 Å². The second-order valence-electron chi connectivity index (χ2n) is 7.98. The molecule has 0 aliphatic carbocycles. The summed E-state index contributed by atoms with van der Waals surface area (Å²) in [6.45, 7) is 10.3. The topological polar surface area (TPSA) is 77.0 Å². The molecule has 0 aromatic heterocycles. The molecule has 1 aromatic rings. The number of sulfone groups is 1. The molecule has 1 heterocycles. The molecule has 1 aliphatic heterocycles. The molecule has 0 radical (unpaired) electrons. The summed E-state index contributed by atoms with van der Waals surface area (Å²) in [5, 5.41) is 6.59. The largest absolute Gasteiger partial charge is 0.369 e. The molecule has 1 saturated heterocycles. The Kier molecular flexibility index (Phi) is 9.23. The van der Waals surface area contributed by atoms with Gasteiger partial charge in [0.25, 0.3) is 0 Å². The molecule has 1 fully saturated rings. The third-order valence-corrected chi connectivity index (χ3v) is 6.19. The van der Waals surface area contributed by atoms with Crippen LogP contribution in [0.5, 0.6) is 0 Å². The lowest BCUT2D eigenvalue weighted by atomic mass is 10.2. The van der Waals surface area contributed by atoms with Gasteiger partial charge in [0.05, 0.1) is 5.75 Å². The van der Waals surface area contributed by atoms with E-state index in [1.165, 1.54) is 17.5 Å². The third-order valence-electron chi connectivity index (χ3n) is 5.21. The average Bonchev–Trinajstić information content (AvgIpc) is 2.68. The van der Waals surface area contributed by atoms with Crippen LogP contribution < -0.4 is 15.5 Å². The number of nitrogens with one attached hydrogen (secondary N) is 2. The Morgan fingerprint density at radius 3 is 2.59 bits per heavy atom. The van der Waals surface area contributed by atoms with Crippen LogP contribution in [0.1, 0.15) is 25.3 Å². The van der Waals surface area contributed by atoms with Crippen LogP contribution in [0.2, 0.25) is 0 Å². The quantitative estimate of drug-likeness (QED) is 0.356. The summed E-state index contributed by atoms with van der Waals surface area (Å²) in [5.74, 6) is 0.919. The van der Waals surface area contributed by atoms with Gasteiger partial charge in [0, 0.05) is 57.8 Å². The standard InChI is InChI=1S/C21H37N5O2S/c1-18-7-5-8-20(17-18)26-14-12-25(13-15-26)11-6-10-23-21(22-3)24-19(2)9-16-29(4,27)28/h5,7-8,17,19H,6,9-16H2,1-4H3,(H2,22,23,24). The van der Waals surface area contributed by atoms with Gasteiger partial charge in [0.15, 0.2) is 5.96 Å². The summed E-state index contributed by atoms with van der Waals surface area (Å²) < 4.78 is 22.6. The highest BCUT2D eigenvalue weighted by Crippen LogP contribution is 2.17. The minimum absolute atomic E-state index is 0.0608. The number of benzene rings is 1. The van der Waals surface area contributed by atoms with Crippen molar-refractivity contribution in [3.63, 3.8) is 0 Å². The van der Waals surface area contributed by atoms with Crippen LogP contribution >= 0.6 is 0 Å². The van der Waals surface area contributed by atoms with Crippen molar-refractivity contribution >= 4 is 21.5 Å². The number of hydrogen-bond donors (Lipinski definition) is 2. The SMILES string of the molecule is CN=C(NCCCN1CCN(c2cccc(C)c2)CC1)NC(C)CCS(C)(=O)=O. The van der Waals surface area contributed by atoms with Gasteiger partial charge in [-0.05, 0) is 50.9 Å². The lowest BCUT2D eigenvalue weighted by molar-refractivity contribution is 0.255. The minimum Gasteiger partial charge on any atom is -0.369 e. The second-order valence-corrected chi connectivity index (χ2v) is 10.2. The molecule has 1 aromatic carbocycles. The Bertz CT molecular complexity index is 758. The van der Waals surface area contributed by atoms with Crippen LogP contribution in [0.4, 0.5) is 5.69 Å². The number of hydrogen-bond acceptors (Lipinski definition) is 5. The summed E-state index contributed by atoms with van der Waals surface area (Å²) >= 11 is 0. The molecule has 29 heavy (non-hydrogen) atoms. The van der Waals surface area contributed by atoms with Crippen molar-refractivity contribution in [3.8, 4) is 0 Å². The van der Waals surface area contributed by atoms with Crippen LogP contribution in [-0.4, -0.2) is 83.6 Å². The lowest BCUT2D eigenvalue weighted by Crippen LogP contribution is -2.47. The first-order valence-corrected chi connectivity index (χ1v) is 12.5. The molecule has 0 saturated carbocycles. The van der Waals surface area contributed by atoms with Gasteiger partial charge in [-0.2, -0.15) is 0 Å². The predicted molar refractivity (Wildman–Crippen MR) is 123 cm³/mol. The molecule has 0 bridgehead atoms. The van der Waals surface area contributed by atoms with E-state index in [0.717, 1.165) is 51.6 Å². The maximum Gasteiger partial charge on any atom is 0.191 e. The number of nitrogens with zero attached hydrogens (tertiary/aromatic N) is 3. The summed E-state index contributed by atoms with van der Waals surface area (Å²) in [5.41, 5.74) is 2.63. The Hall–Kier alpha value is -1.80. The molecule has 2 N–H and O–H groups in total. The molecular weight excluding hydrogens is 386 g/mol. The number of piperazine rings is 1. The Balaban J connectivity index is 1.62. The van der Waals surface area contributed by atoms with Crippen molar-refractivity contribution in [3.05, 3.63) is 29.8 Å². The van der Waals surface area contributed by atoms with E-state index in [1.54, 1.807) is 7.05 Å². The highest BCUT2D eigenvalue weighted by molar-refractivity contribution is 7.90. The summed E-state index contributed by atoms with van der Waals surface area (Å²) in [7, 11) is -1.19. The fourth-order valence-corrected chi connectivity index (χ4v) is 4.24. The number of aliphatic imine (C=N–C) groups is 1. The van der Waals surface area contributed by atoms with Crippen molar-refractivity contribution in [1.82, 2.24) is 15.5 Å². The molecule has 8 heteroatoms. The first-order chi connectivity index (χ1) is 13.8. The average molecular weight is 424 g/mol. The van der Waals surface area contributed by atoms with Gasteiger partial charge < -0.3 is 15.5 Å². The van der Waals surface area contributed by atoms with Gasteiger partial charge in [-0.15, -0.1) is 0 Å². The van der Waals surface area contributed by atoms with Crippen molar-refractivity contribution in [1.29, 1.82) is 0 Å². The minimum atomic E-state index is -2.93. The molecule has 1 aliphatic rings. The van der Waals surface area contributed by atoms with Gasteiger partial charge >= 0.3 is 0 Å². The molecule has 2 rings (SSSR count). The van der Waals surface area contributed by atoms with E-state index in [4.69, 9.17) is 0 Å². The number of anilines is 1. The highest BCUT2D eigenvalue weighted by atomic mass is 32.2. The van der Waals surface area contributed by atoms with Gasteiger partial charge in [-0.3, -0.25) is 9.89 Å². The monoisotopic (exact) mass is 423 g/mol. The maximum absolute atomic E-state index is 11.3. The predicted octanol–water partition coefficient (Wildman–Crippen LogP) is 1.50. The van der Waals surface area contributed by atoms with Gasteiger partial charge in [0.2, 0.25) is 0 Å². The molecule has 1 atom stereocenters. The molecule has 164 valence electrons. The molecule has 7 nitrogen and oxygen atoms in total. The number of guanidine groups is 1. The van der Waals surface area contributed by atoms with Gasteiger partial charge in [-0.25, -0.2) is 8.42 Å². The van der Waals surface area contributed by atoms with Crippen LogP contribution in [0.15, 0.2) is 29.3 Å². The fourth-order valence-electron chi connectivity index (χ4n) is 3.45. The van der Waals surface area contributed by atoms with Crippen LogP contribution in [0.25, 0.3) is 0 Å². The molecular formula is C21H37N5O2S. The Labute approximate surface area is 176 Å². The van der Waals surface area contributed by atoms with E-state index in [-0.39, 0.29) is 11.8 Å². The normalized spacial score (nSPS) is 17.2. The van der Waals surface area contributed by atoms with E-state index in [9.17, 15) is 8.42 Å². The Morgan fingerprint density at radius 2 is 1.97 bits per heavy atom. The summed E-state index contributed by atoms with van der Waals surface area (Å²) in [6.07, 6.45) is 2.89. The fraction of sp³-hybridized carbons (Fsp3) is 0.667. The van der Waals surface area contributed by atoms with E-state index >= 15 is 0 Å². The zero-order valence-electron chi connectivity index (χ0n) is 18.3. The van der Waals surface area contributed by atoms with Gasteiger partial charge in [-0.1, -0.05) is 12.1 Å². The Morgan fingerprint density at radius 1 is 1.24 bits per heavy atom. The van der Waals surface area contributed by atoms with E-state index in [1.807, 2.05) is 6.92 Å². The smallest absolute Gasteiger partial charge is 0.191 e. The molecule has 0 amide bonds. The van der Waals surface area contributed by atoms with Crippen molar-refractivity contribution in [2.24, 2.45) is 4.99 Å². The molecule has 1 unspecified atom stereocenters. The number of rotatable bonds is 9. The van der Waals surface area contributed by atoms with Crippen LogP contribution in [0, 0.1) is 6.92 Å².